The van der Waals surface area contributed by atoms with Crippen molar-refractivity contribution < 1.29 is 13.2 Å². The smallest absolute Gasteiger partial charge is 0.243 e. The van der Waals surface area contributed by atoms with E-state index in [9.17, 15) is 13.2 Å². The van der Waals surface area contributed by atoms with Gasteiger partial charge in [-0.15, -0.1) is 0 Å². The van der Waals surface area contributed by atoms with Crippen molar-refractivity contribution in [2.24, 2.45) is 0 Å². The normalized spacial score (nSPS) is 12.5. The number of benzene rings is 2. The number of hydrogen-bond acceptors (Lipinski definition) is 3. The zero-order chi connectivity index (χ0) is 20.9. The van der Waals surface area contributed by atoms with Crippen LogP contribution in [0.15, 0.2) is 42.5 Å². The molecule has 2 aromatic carbocycles. The summed E-state index contributed by atoms with van der Waals surface area (Å²) < 4.78 is 26.1. The Bertz CT molecular complexity index is 921. The summed E-state index contributed by atoms with van der Waals surface area (Å²) in [5.41, 5.74) is 4.75. The molecule has 152 valence electrons. The molecule has 0 saturated heterocycles. The summed E-state index contributed by atoms with van der Waals surface area (Å²) in [5.74, 6) is -0.296. The zero-order valence-corrected chi connectivity index (χ0v) is 18.1. The molecule has 1 unspecified atom stereocenters. The Balaban J connectivity index is 2.03. The highest BCUT2D eigenvalue weighted by Crippen LogP contribution is 2.26. The van der Waals surface area contributed by atoms with E-state index in [4.69, 9.17) is 0 Å². The average Bonchev–Trinajstić information content (AvgIpc) is 2.62. The highest BCUT2D eigenvalue weighted by molar-refractivity contribution is 7.92. The lowest BCUT2D eigenvalue weighted by Crippen LogP contribution is -2.48. The molecule has 5 nitrogen and oxygen atoms in total. The van der Waals surface area contributed by atoms with Gasteiger partial charge in [-0.2, -0.15) is 0 Å². The third-order valence-electron chi connectivity index (χ3n) is 4.75. The van der Waals surface area contributed by atoms with E-state index >= 15 is 0 Å². The van der Waals surface area contributed by atoms with Crippen LogP contribution in [-0.4, -0.2) is 33.2 Å². The molecule has 2 aromatic rings. The number of rotatable bonds is 8. The van der Waals surface area contributed by atoms with Gasteiger partial charge in [-0.1, -0.05) is 42.0 Å². The second kappa shape index (κ2) is 9.24. The Morgan fingerprint density at radius 2 is 1.64 bits per heavy atom. The Labute approximate surface area is 168 Å². The molecule has 0 spiro atoms. The molecule has 0 fully saturated rings. The minimum Gasteiger partial charge on any atom is -0.354 e. The van der Waals surface area contributed by atoms with Crippen molar-refractivity contribution in [2.75, 3.05) is 17.1 Å². The van der Waals surface area contributed by atoms with Crippen LogP contribution in [0.2, 0.25) is 0 Å². The number of sulfonamides is 1. The number of carbonyl (C=O) groups is 1. The van der Waals surface area contributed by atoms with E-state index in [0.717, 1.165) is 30.2 Å². The SMILES string of the molecule is Cc1ccc(CCCNC(=O)C(C)N(c2cc(C)ccc2C)S(C)(=O)=O)cc1. The Morgan fingerprint density at radius 1 is 1.04 bits per heavy atom. The first-order valence-electron chi connectivity index (χ1n) is 9.49. The molecular weight excluding hydrogens is 372 g/mol. The Kier molecular flexibility index (Phi) is 7.24. The molecule has 28 heavy (non-hydrogen) atoms. The van der Waals surface area contributed by atoms with Crippen molar-refractivity contribution in [3.8, 4) is 0 Å². The molecule has 0 aromatic heterocycles. The molecular formula is C22H30N2O3S. The highest BCUT2D eigenvalue weighted by Gasteiger charge is 2.29. The van der Waals surface area contributed by atoms with E-state index in [1.54, 1.807) is 13.0 Å². The molecule has 0 saturated carbocycles. The van der Waals surface area contributed by atoms with Crippen LogP contribution in [0.5, 0.6) is 0 Å². The Hall–Kier alpha value is -2.34. The molecule has 0 bridgehead atoms. The molecule has 1 N–H and O–H groups in total. The predicted molar refractivity (Wildman–Crippen MR) is 115 cm³/mol. The highest BCUT2D eigenvalue weighted by atomic mass is 32.2. The van der Waals surface area contributed by atoms with Crippen molar-refractivity contribution in [1.82, 2.24) is 5.32 Å². The van der Waals surface area contributed by atoms with Crippen LogP contribution in [0, 0.1) is 20.8 Å². The van der Waals surface area contributed by atoms with Gasteiger partial charge in [0.1, 0.15) is 6.04 Å². The van der Waals surface area contributed by atoms with Gasteiger partial charge in [0.15, 0.2) is 0 Å². The Morgan fingerprint density at radius 3 is 2.25 bits per heavy atom. The summed E-state index contributed by atoms with van der Waals surface area (Å²) >= 11 is 0. The van der Waals surface area contributed by atoms with Crippen LogP contribution in [0.1, 0.15) is 35.6 Å². The summed E-state index contributed by atoms with van der Waals surface area (Å²) in [7, 11) is -3.61. The number of nitrogens with one attached hydrogen (secondary N) is 1. The minimum atomic E-state index is -3.61. The summed E-state index contributed by atoms with van der Waals surface area (Å²) in [5, 5.41) is 2.88. The summed E-state index contributed by atoms with van der Waals surface area (Å²) in [4.78, 5) is 12.6. The lowest BCUT2D eigenvalue weighted by molar-refractivity contribution is -0.121. The van der Waals surface area contributed by atoms with E-state index in [0.29, 0.717) is 12.2 Å². The molecule has 0 radical (unpaired) electrons. The van der Waals surface area contributed by atoms with Gasteiger partial charge in [0, 0.05) is 6.54 Å². The van der Waals surface area contributed by atoms with Gasteiger partial charge in [0.2, 0.25) is 15.9 Å². The largest absolute Gasteiger partial charge is 0.354 e. The maximum absolute atomic E-state index is 12.6. The fraction of sp³-hybridized carbons (Fsp3) is 0.409. The summed E-state index contributed by atoms with van der Waals surface area (Å²) in [6, 6.07) is 13.1. The maximum atomic E-state index is 12.6. The zero-order valence-electron chi connectivity index (χ0n) is 17.3. The molecule has 0 aliphatic heterocycles. The summed E-state index contributed by atoms with van der Waals surface area (Å²) in [6.45, 7) is 7.92. The van der Waals surface area contributed by atoms with Crippen LogP contribution < -0.4 is 9.62 Å². The van der Waals surface area contributed by atoms with Crippen molar-refractivity contribution in [1.29, 1.82) is 0 Å². The number of anilines is 1. The molecule has 0 aliphatic carbocycles. The van der Waals surface area contributed by atoms with Crippen LogP contribution in [-0.2, 0) is 21.2 Å². The second-order valence-electron chi connectivity index (χ2n) is 7.40. The number of aryl methyl sites for hydroxylation is 4. The standard InChI is InChI=1S/C22H30N2O3S/c1-16-9-12-20(13-10-16)7-6-14-23-22(25)19(4)24(28(5,26)27)21-15-17(2)8-11-18(21)3/h8-13,15,19H,6-7,14H2,1-5H3,(H,23,25). The van der Waals surface area contributed by atoms with E-state index in [1.807, 2.05) is 26.0 Å². The molecule has 0 aliphatic rings. The van der Waals surface area contributed by atoms with Crippen molar-refractivity contribution in [2.45, 2.75) is 46.6 Å². The molecule has 1 atom stereocenters. The van der Waals surface area contributed by atoms with Crippen molar-refractivity contribution in [3.05, 3.63) is 64.7 Å². The number of nitrogens with zero attached hydrogens (tertiary/aromatic N) is 1. The van der Waals surface area contributed by atoms with Crippen LogP contribution in [0.3, 0.4) is 0 Å². The molecule has 0 heterocycles. The monoisotopic (exact) mass is 402 g/mol. The van der Waals surface area contributed by atoms with Gasteiger partial charge in [-0.05, 0) is 63.3 Å². The lowest BCUT2D eigenvalue weighted by atomic mass is 10.1. The third-order valence-corrected chi connectivity index (χ3v) is 5.98. The quantitative estimate of drug-likeness (QED) is 0.687. The van der Waals surface area contributed by atoms with Gasteiger partial charge in [0.25, 0.3) is 0 Å². The number of amides is 1. The molecule has 6 heteroatoms. The lowest BCUT2D eigenvalue weighted by Gasteiger charge is -2.29. The minimum absolute atomic E-state index is 0.296. The first-order chi connectivity index (χ1) is 13.1. The third kappa shape index (κ3) is 5.83. The van der Waals surface area contributed by atoms with Gasteiger partial charge in [-0.3, -0.25) is 9.10 Å². The molecule has 1 amide bonds. The van der Waals surface area contributed by atoms with Crippen LogP contribution in [0.25, 0.3) is 0 Å². The van der Waals surface area contributed by atoms with E-state index in [1.165, 1.54) is 15.4 Å². The maximum Gasteiger partial charge on any atom is 0.243 e. The number of hydrogen-bond donors (Lipinski definition) is 1. The second-order valence-corrected chi connectivity index (χ2v) is 9.26. The van der Waals surface area contributed by atoms with E-state index in [-0.39, 0.29) is 5.91 Å². The number of carbonyl (C=O) groups excluding carboxylic acids is 1. The first-order valence-corrected chi connectivity index (χ1v) is 11.3. The van der Waals surface area contributed by atoms with Crippen molar-refractivity contribution >= 4 is 21.6 Å². The van der Waals surface area contributed by atoms with Gasteiger partial charge in [-0.25, -0.2) is 8.42 Å². The fourth-order valence-corrected chi connectivity index (χ4v) is 4.37. The molecule has 2 rings (SSSR count). The van der Waals surface area contributed by atoms with E-state index in [2.05, 4.69) is 36.5 Å². The van der Waals surface area contributed by atoms with Gasteiger partial charge >= 0.3 is 0 Å². The van der Waals surface area contributed by atoms with Gasteiger partial charge in [0.05, 0.1) is 11.9 Å². The van der Waals surface area contributed by atoms with Crippen molar-refractivity contribution in [3.63, 3.8) is 0 Å². The first kappa shape index (κ1) is 22.0. The fourth-order valence-electron chi connectivity index (χ4n) is 3.14. The van der Waals surface area contributed by atoms with Crippen LogP contribution >= 0.6 is 0 Å². The van der Waals surface area contributed by atoms with E-state index < -0.39 is 16.1 Å². The summed E-state index contributed by atoms with van der Waals surface area (Å²) in [6.07, 6.45) is 2.79. The predicted octanol–water partition coefficient (Wildman–Crippen LogP) is 3.52. The van der Waals surface area contributed by atoms with Crippen LogP contribution in [0.4, 0.5) is 5.69 Å². The van der Waals surface area contributed by atoms with Gasteiger partial charge < -0.3 is 5.32 Å². The topological polar surface area (TPSA) is 66.5 Å². The average molecular weight is 403 g/mol.